The first-order valence-electron chi connectivity index (χ1n) is 8.03. The van der Waals surface area contributed by atoms with Gasteiger partial charge in [0.1, 0.15) is 5.82 Å². The third-order valence-corrected chi connectivity index (χ3v) is 4.62. The summed E-state index contributed by atoms with van der Waals surface area (Å²) in [6, 6.07) is 4.44. The highest BCUT2D eigenvalue weighted by Crippen LogP contribution is 2.35. The predicted molar refractivity (Wildman–Crippen MR) is 86.5 cm³/mol. The largest absolute Gasteiger partial charge is 0.326 e. The zero-order valence-corrected chi connectivity index (χ0v) is 13.4. The van der Waals surface area contributed by atoms with E-state index >= 15 is 0 Å². The molecule has 2 atom stereocenters. The lowest BCUT2D eigenvalue weighted by Gasteiger charge is -2.14. The highest BCUT2D eigenvalue weighted by atomic mass is 19.1. The number of nitrogens with one attached hydrogen (secondary N) is 1. The minimum atomic E-state index is -0.394. The minimum absolute atomic E-state index is 0.000155. The Labute approximate surface area is 139 Å². The Morgan fingerprint density at radius 3 is 2.42 bits per heavy atom. The molecule has 0 spiro atoms. The number of amides is 3. The topological polar surface area (TPSA) is 66.5 Å². The molecule has 0 radical (unpaired) electrons. The van der Waals surface area contributed by atoms with E-state index in [0.29, 0.717) is 24.1 Å². The van der Waals surface area contributed by atoms with Gasteiger partial charge in [0.15, 0.2) is 0 Å². The van der Waals surface area contributed by atoms with Gasteiger partial charge in [-0.25, -0.2) is 4.39 Å². The first-order chi connectivity index (χ1) is 11.5. The van der Waals surface area contributed by atoms with E-state index in [-0.39, 0.29) is 42.5 Å². The molecule has 1 aromatic carbocycles. The van der Waals surface area contributed by atoms with Gasteiger partial charge in [-0.3, -0.25) is 19.3 Å². The molecule has 0 aromatic heterocycles. The number of allylic oxidation sites excluding steroid dienone is 2. The predicted octanol–water partition coefficient (Wildman–Crippen LogP) is 2.41. The van der Waals surface area contributed by atoms with Crippen molar-refractivity contribution in [2.24, 2.45) is 11.8 Å². The smallest absolute Gasteiger partial charge is 0.233 e. The van der Waals surface area contributed by atoms with Crippen LogP contribution in [-0.4, -0.2) is 29.2 Å². The second-order valence-electron chi connectivity index (χ2n) is 6.25. The highest BCUT2D eigenvalue weighted by molar-refractivity contribution is 6.05. The van der Waals surface area contributed by atoms with Gasteiger partial charge in [-0.05, 0) is 37.5 Å². The molecule has 1 aliphatic heterocycles. The average Bonchev–Trinajstić information content (AvgIpc) is 2.81. The fourth-order valence-electron chi connectivity index (χ4n) is 3.20. The Kier molecular flexibility index (Phi) is 4.46. The molecule has 0 unspecified atom stereocenters. The van der Waals surface area contributed by atoms with Crippen molar-refractivity contribution in [1.82, 2.24) is 4.90 Å². The fraction of sp³-hybridized carbons (Fsp3) is 0.389. The number of nitrogens with zero attached hydrogens (tertiary/aromatic N) is 1. The van der Waals surface area contributed by atoms with Crippen LogP contribution in [0.25, 0.3) is 0 Å². The maximum Gasteiger partial charge on any atom is 0.233 e. The van der Waals surface area contributed by atoms with Crippen molar-refractivity contribution in [3.05, 3.63) is 41.7 Å². The lowest BCUT2D eigenvalue weighted by Crippen LogP contribution is -2.34. The molecule has 0 saturated carbocycles. The standard InChI is InChI=1S/C18H19FN2O3/c1-11-6-7-12(10-15(11)19)20-16(22)8-9-21-17(23)13-4-2-3-5-14(13)18(21)24/h2-3,6-7,10,13-14H,4-5,8-9H2,1H3,(H,20,22)/t13-,14-/m1/s1. The van der Waals surface area contributed by atoms with E-state index in [0.717, 1.165) is 0 Å². The summed E-state index contributed by atoms with van der Waals surface area (Å²) in [4.78, 5) is 37.8. The minimum Gasteiger partial charge on any atom is -0.326 e. The van der Waals surface area contributed by atoms with E-state index in [2.05, 4.69) is 5.32 Å². The van der Waals surface area contributed by atoms with Crippen molar-refractivity contribution in [2.75, 3.05) is 11.9 Å². The maximum absolute atomic E-state index is 13.5. The van der Waals surface area contributed by atoms with Gasteiger partial charge in [0.05, 0.1) is 11.8 Å². The molecule has 1 fully saturated rings. The van der Waals surface area contributed by atoms with Gasteiger partial charge < -0.3 is 5.32 Å². The van der Waals surface area contributed by atoms with Gasteiger partial charge in [-0.1, -0.05) is 18.2 Å². The van der Waals surface area contributed by atoms with Crippen molar-refractivity contribution in [3.63, 3.8) is 0 Å². The number of carbonyl (C=O) groups is 3. The molecular formula is C18H19FN2O3. The molecule has 1 aliphatic carbocycles. The van der Waals surface area contributed by atoms with Crippen LogP contribution in [0.5, 0.6) is 0 Å². The van der Waals surface area contributed by atoms with Crippen LogP contribution >= 0.6 is 0 Å². The summed E-state index contributed by atoms with van der Waals surface area (Å²) in [6.45, 7) is 1.70. The average molecular weight is 330 g/mol. The van der Waals surface area contributed by atoms with Crippen LogP contribution in [-0.2, 0) is 14.4 Å². The van der Waals surface area contributed by atoms with Crippen molar-refractivity contribution in [2.45, 2.75) is 26.2 Å². The lowest BCUT2D eigenvalue weighted by molar-refractivity contribution is -0.140. The van der Waals surface area contributed by atoms with Crippen LogP contribution in [0.1, 0.15) is 24.8 Å². The van der Waals surface area contributed by atoms with Crippen LogP contribution in [0.4, 0.5) is 10.1 Å². The van der Waals surface area contributed by atoms with Crippen molar-refractivity contribution in [3.8, 4) is 0 Å². The summed E-state index contributed by atoms with van der Waals surface area (Å²) in [5, 5.41) is 2.59. The summed E-state index contributed by atoms with van der Waals surface area (Å²) >= 11 is 0. The third kappa shape index (κ3) is 3.09. The van der Waals surface area contributed by atoms with E-state index in [9.17, 15) is 18.8 Å². The number of benzene rings is 1. The van der Waals surface area contributed by atoms with Gasteiger partial charge in [-0.2, -0.15) is 0 Å². The Balaban J connectivity index is 1.57. The van der Waals surface area contributed by atoms with Crippen molar-refractivity contribution < 1.29 is 18.8 Å². The number of carbonyl (C=O) groups excluding carboxylic acids is 3. The second kappa shape index (κ2) is 6.55. The summed E-state index contributed by atoms with van der Waals surface area (Å²) in [5.74, 6) is -1.69. The summed E-state index contributed by atoms with van der Waals surface area (Å²) in [6.07, 6.45) is 5.02. The van der Waals surface area contributed by atoms with Gasteiger partial charge in [0.25, 0.3) is 0 Å². The monoisotopic (exact) mass is 330 g/mol. The second-order valence-corrected chi connectivity index (χ2v) is 6.25. The van der Waals surface area contributed by atoms with E-state index in [1.165, 1.54) is 11.0 Å². The van der Waals surface area contributed by atoms with Crippen molar-refractivity contribution in [1.29, 1.82) is 0 Å². The van der Waals surface area contributed by atoms with Gasteiger partial charge in [0, 0.05) is 18.7 Å². The first kappa shape index (κ1) is 16.4. The van der Waals surface area contributed by atoms with Gasteiger partial charge in [0.2, 0.25) is 17.7 Å². The Bertz CT molecular complexity index is 703. The van der Waals surface area contributed by atoms with Crippen LogP contribution in [0.2, 0.25) is 0 Å². The van der Waals surface area contributed by atoms with E-state index in [4.69, 9.17) is 0 Å². The molecule has 126 valence electrons. The molecule has 3 rings (SSSR count). The molecule has 1 N–H and O–H groups in total. The number of hydrogen-bond acceptors (Lipinski definition) is 3. The van der Waals surface area contributed by atoms with Gasteiger partial charge in [-0.15, -0.1) is 0 Å². The molecule has 2 aliphatic rings. The number of halogens is 1. The Hall–Kier alpha value is -2.50. The number of hydrogen-bond donors (Lipinski definition) is 1. The summed E-state index contributed by atoms with van der Waals surface area (Å²) < 4.78 is 13.5. The molecular weight excluding hydrogens is 311 g/mol. The SMILES string of the molecule is Cc1ccc(NC(=O)CCN2C(=O)[C@@H]3CC=CC[C@H]3C2=O)cc1F. The molecule has 1 aromatic rings. The molecule has 24 heavy (non-hydrogen) atoms. The highest BCUT2D eigenvalue weighted by Gasteiger charge is 2.46. The quantitative estimate of drug-likeness (QED) is 0.681. The number of imide groups is 1. The maximum atomic E-state index is 13.5. The number of fused-ring (bicyclic) bond motifs is 1. The zero-order chi connectivity index (χ0) is 17.3. The molecule has 6 heteroatoms. The van der Waals surface area contributed by atoms with Crippen LogP contribution in [0.15, 0.2) is 30.4 Å². The van der Waals surface area contributed by atoms with E-state index in [1.807, 2.05) is 12.2 Å². The summed E-state index contributed by atoms with van der Waals surface area (Å²) in [7, 11) is 0. The number of aryl methyl sites for hydroxylation is 1. The molecule has 0 bridgehead atoms. The van der Waals surface area contributed by atoms with Gasteiger partial charge >= 0.3 is 0 Å². The van der Waals surface area contributed by atoms with Crippen LogP contribution < -0.4 is 5.32 Å². The number of likely N-dealkylation sites (tertiary alicyclic amines) is 1. The Morgan fingerprint density at radius 1 is 1.21 bits per heavy atom. The third-order valence-electron chi connectivity index (χ3n) is 4.62. The molecule has 5 nitrogen and oxygen atoms in total. The summed E-state index contributed by atoms with van der Waals surface area (Å²) in [5.41, 5.74) is 0.859. The number of rotatable bonds is 4. The Morgan fingerprint density at radius 2 is 1.83 bits per heavy atom. The van der Waals surface area contributed by atoms with Crippen LogP contribution in [0, 0.1) is 24.6 Å². The molecule has 1 saturated heterocycles. The zero-order valence-electron chi connectivity index (χ0n) is 13.4. The lowest BCUT2D eigenvalue weighted by atomic mass is 9.85. The normalized spacial score (nSPS) is 22.7. The van der Waals surface area contributed by atoms with Crippen LogP contribution in [0.3, 0.4) is 0 Å². The molecule has 1 heterocycles. The number of anilines is 1. The first-order valence-corrected chi connectivity index (χ1v) is 8.03. The van der Waals surface area contributed by atoms with Crippen molar-refractivity contribution >= 4 is 23.4 Å². The molecule has 3 amide bonds. The van der Waals surface area contributed by atoms with E-state index < -0.39 is 5.82 Å². The fourth-order valence-corrected chi connectivity index (χ4v) is 3.20. The van der Waals surface area contributed by atoms with E-state index in [1.54, 1.807) is 19.1 Å².